The molecular weight excluding hydrogens is 353 g/mol. The van der Waals surface area contributed by atoms with Crippen LogP contribution in [0.4, 0.5) is 5.69 Å². The molecule has 1 saturated heterocycles. The molecule has 0 aliphatic carbocycles. The maximum atomic E-state index is 10.3. The molecule has 0 bridgehead atoms. The quantitative estimate of drug-likeness (QED) is 0.680. The van der Waals surface area contributed by atoms with Crippen LogP contribution in [0.2, 0.25) is 6.82 Å². The molecule has 0 amide bonds. The Morgan fingerprint density at radius 2 is 2.00 bits per heavy atom. The first kappa shape index (κ1) is 18.7. The Balaban J connectivity index is 1.90. The average Bonchev–Trinajstić information content (AvgIpc) is 2.73. The zero-order chi connectivity index (χ0) is 19.7. The number of nitrogens with zero attached hydrogens (tertiary/aromatic N) is 2. The van der Waals surface area contributed by atoms with Gasteiger partial charge in [-0.3, -0.25) is 0 Å². The first-order chi connectivity index (χ1) is 13.6. The molecule has 1 aromatic heterocycles. The van der Waals surface area contributed by atoms with Crippen LogP contribution in [0.3, 0.4) is 0 Å². The van der Waals surface area contributed by atoms with Gasteiger partial charge in [0.25, 0.3) is 0 Å². The second-order valence-electron chi connectivity index (χ2n) is 7.29. The van der Waals surface area contributed by atoms with Gasteiger partial charge in [-0.05, 0) is 47.5 Å². The lowest BCUT2D eigenvalue weighted by molar-refractivity contribution is 0.0848. The number of nitrogens with two attached hydrogens (primary N) is 1. The summed E-state index contributed by atoms with van der Waals surface area (Å²) in [6.45, 7) is 2.70. The van der Waals surface area contributed by atoms with Crippen molar-refractivity contribution >= 4 is 29.0 Å². The highest BCUT2D eigenvalue weighted by Crippen LogP contribution is 2.40. The van der Waals surface area contributed by atoms with Gasteiger partial charge in [-0.1, -0.05) is 25.0 Å². The van der Waals surface area contributed by atoms with Gasteiger partial charge in [-0.15, -0.1) is 0 Å². The van der Waals surface area contributed by atoms with Gasteiger partial charge in [0.15, 0.2) is 0 Å². The second-order valence-corrected chi connectivity index (χ2v) is 7.29. The van der Waals surface area contributed by atoms with Crippen LogP contribution in [0, 0.1) is 0 Å². The first-order valence-electron chi connectivity index (χ1n) is 9.57. The third-order valence-electron chi connectivity index (χ3n) is 5.47. The molecule has 0 unspecified atom stereocenters. The largest absolute Gasteiger partial charge is 0.496 e. The number of fused-ring (bicyclic) bond motifs is 1. The molecular formula is C21H24BN3O3. The highest BCUT2D eigenvalue weighted by Gasteiger charge is 2.24. The van der Waals surface area contributed by atoms with E-state index < -0.39 is 6.92 Å². The third-order valence-corrected chi connectivity index (χ3v) is 5.47. The van der Waals surface area contributed by atoms with Crippen molar-refractivity contribution in [1.29, 1.82) is 0 Å². The van der Waals surface area contributed by atoms with Crippen molar-refractivity contribution in [3.8, 4) is 16.9 Å². The minimum atomic E-state index is -0.570. The molecule has 0 atom stereocenters. The highest BCUT2D eigenvalue weighted by atomic mass is 16.5. The number of anilines is 1. The van der Waals surface area contributed by atoms with Crippen LogP contribution in [-0.2, 0) is 4.74 Å². The number of hydrogen-bond acceptors (Lipinski definition) is 6. The second kappa shape index (κ2) is 7.77. The van der Waals surface area contributed by atoms with Crippen LogP contribution in [0.25, 0.3) is 22.0 Å². The summed E-state index contributed by atoms with van der Waals surface area (Å²) in [6.07, 6.45) is 3.44. The number of rotatable bonds is 4. The number of nitrogen functional groups attached to an aromatic ring is 1. The average molecular weight is 377 g/mol. The maximum absolute atomic E-state index is 10.3. The molecule has 0 saturated carbocycles. The zero-order valence-corrected chi connectivity index (χ0v) is 16.2. The molecule has 7 heteroatoms. The topological polar surface area (TPSA) is 90.5 Å². The minimum Gasteiger partial charge on any atom is -0.496 e. The van der Waals surface area contributed by atoms with Crippen LogP contribution in [-0.4, -0.2) is 42.5 Å². The van der Waals surface area contributed by atoms with Crippen molar-refractivity contribution < 1.29 is 14.5 Å². The molecule has 0 radical (unpaired) electrons. The van der Waals surface area contributed by atoms with Gasteiger partial charge in [0.1, 0.15) is 5.75 Å². The van der Waals surface area contributed by atoms with Crippen molar-refractivity contribution in [3.05, 3.63) is 42.1 Å². The van der Waals surface area contributed by atoms with E-state index in [-0.39, 0.29) is 0 Å². The molecule has 6 nitrogen and oxygen atoms in total. The zero-order valence-electron chi connectivity index (χ0n) is 16.2. The van der Waals surface area contributed by atoms with Crippen LogP contribution < -0.4 is 15.9 Å². The van der Waals surface area contributed by atoms with Crippen LogP contribution >= 0.6 is 0 Å². The number of hydrogen-bond donors (Lipinski definition) is 2. The molecule has 28 heavy (non-hydrogen) atoms. The van der Waals surface area contributed by atoms with Gasteiger partial charge in [-0.2, -0.15) is 10.2 Å². The van der Waals surface area contributed by atoms with E-state index in [9.17, 15) is 5.02 Å². The molecule has 3 aromatic rings. The molecule has 4 rings (SSSR count). The minimum absolute atomic E-state index is 0.344. The summed E-state index contributed by atoms with van der Waals surface area (Å²) in [4.78, 5) is 0. The summed E-state index contributed by atoms with van der Waals surface area (Å²) in [5.74, 6) is 1.18. The number of aromatic nitrogens is 2. The summed E-state index contributed by atoms with van der Waals surface area (Å²) in [5.41, 5.74) is 11.2. The maximum Gasteiger partial charge on any atom is 0.320 e. The number of methoxy groups -OCH3 is 1. The fraction of sp³-hybridized carbons (Fsp3) is 0.333. The van der Waals surface area contributed by atoms with Crippen molar-refractivity contribution in [2.75, 3.05) is 26.1 Å². The van der Waals surface area contributed by atoms with Gasteiger partial charge in [-0.25, -0.2) is 0 Å². The van der Waals surface area contributed by atoms with E-state index in [1.54, 1.807) is 20.1 Å². The van der Waals surface area contributed by atoms with Crippen molar-refractivity contribution in [2.45, 2.75) is 25.6 Å². The molecule has 1 aliphatic heterocycles. The van der Waals surface area contributed by atoms with Gasteiger partial charge in [0, 0.05) is 24.2 Å². The fourth-order valence-electron chi connectivity index (χ4n) is 3.92. The summed E-state index contributed by atoms with van der Waals surface area (Å²) >= 11 is 0. The Morgan fingerprint density at radius 3 is 2.71 bits per heavy atom. The Kier molecular flexibility index (Phi) is 5.20. The molecule has 0 spiro atoms. The van der Waals surface area contributed by atoms with E-state index in [1.807, 2.05) is 24.3 Å². The number of ether oxygens (including phenoxy) is 2. The smallest absolute Gasteiger partial charge is 0.320 e. The predicted octanol–water partition coefficient (Wildman–Crippen LogP) is 2.60. The Labute approximate surface area is 164 Å². The highest BCUT2D eigenvalue weighted by molar-refractivity contribution is 6.65. The molecule has 144 valence electrons. The van der Waals surface area contributed by atoms with Gasteiger partial charge in [0.2, 0.25) is 0 Å². The van der Waals surface area contributed by atoms with Gasteiger partial charge >= 0.3 is 6.92 Å². The van der Waals surface area contributed by atoms with Gasteiger partial charge < -0.3 is 20.2 Å². The molecule has 3 N–H and O–H groups in total. The normalized spacial score (nSPS) is 15.0. The summed E-state index contributed by atoms with van der Waals surface area (Å²) in [7, 11) is 1.70. The first-order valence-corrected chi connectivity index (χ1v) is 9.57. The lowest BCUT2D eigenvalue weighted by atomic mass is 9.63. The monoisotopic (exact) mass is 377 g/mol. The third kappa shape index (κ3) is 3.43. The van der Waals surface area contributed by atoms with Crippen molar-refractivity contribution in [3.63, 3.8) is 0 Å². The molecule has 2 heterocycles. The standard InChI is InChI=1S/C21H24BN3O3/c1-22(26)15-10-17(13-5-7-28-8-6-13)21(27-2)18(11-15)14-3-4-16-19(23)12-24-25-20(16)9-14/h3-4,9-13,26H,5-8H2,1-2H3,(H2,23,25). The Morgan fingerprint density at radius 1 is 1.21 bits per heavy atom. The van der Waals surface area contributed by atoms with E-state index in [1.165, 1.54) is 0 Å². The van der Waals surface area contributed by atoms with E-state index in [2.05, 4.69) is 16.3 Å². The lowest BCUT2D eigenvalue weighted by Gasteiger charge is -2.26. The van der Waals surface area contributed by atoms with E-state index in [0.29, 0.717) is 11.6 Å². The summed E-state index contributed by atoms with van der Waals surface area (Å²) in [6, 6.07) is 10.0. The van der Waals surface area contributed by atoms with Crippen molar-refractivity contribution in [2.24, 2.45) is 0 Å². The molecule has 1 aliphatic rings. The van der Waals surface area contributed by atoms with E-state index in [0.717, 1.165) is 64.9 Å². The summed E-state index contributed by atoms with van der Waals surface area (Å²) in [5, 5.41) is 19.3. The number of benzene rings is 2. The van der Waals surface area contributed by atoms with E-state index >= 15 is 0 Å². The SMILES string of the molecule is COc1c(-c2ccc3c(N)cnnc3c2)cc(B(C)O)cc1C1CCOCC1. The van der Waals surface area contributed by atoms with Crippen LogP contribution in [0.1, 0.15) is 24.3 Å². The fourth-order valence-corrected chi connectivity index (χ4v) is 3.92. The summed E-state index contributed by atoms with van der Waals surface area (Å²) < 4.78 is 11.4. The van der Waals surface area contributed by atoms with Gasteiger partial charge in [0.05, 0.1) is 24.5 Å². The predicted molar refractivity (Wildman–Crippen MR) is 112 cm³/mol. The van der Waals surface area contributed by atoms with Crippen molar-refractivity contribution in [1.82, 2.24) is 10.2 Å². The molecule has 2 aromatic carbocycles. The molecule has 1 fully saturated rings. The Hall–Kier alpha value is -2.64. The Bertz CT molecular complexity index is 1000. The van der Waals surface area contributed by atoms with E-state index in [4.69, 9.17) is 15.2 Å². The van der Waals surface area contributed by atoms with Crippen LogP contribution in [0.5, 0.6) is 5.75 Å². The lowest BCUT2D eigenvalue weighted by Crippen LogP contribution is -2.28. The van der Waals surface area contributed by atoms with Crippen LogP contribution in [0.15, 0.2) is 36.5 Å².